The van der Waals surface area contributed by atoms with Crippen LogP contribution < -0.4 is 0 Å². The molecule has 2 nitrogen and oxygen atoms in total. The van der Waals surface area contributed by atoms with E-state index in [9.17, 15) is 10.2 Å². The molecule has 0 saturated carbocycles. The summed E-state index contributed by atoms with van der Waals surface area (Å²) in [5, 5.41) is 21.9. The second-order valence-corrected chi connectivity index (χ2v) is 17.6. The Bertz CT molecular complexity index is 2220. The van der Waals surface area contributed by atoms with Gasteiger partial charge in [-0.3, -0.25) is 0 Å². The summed E-state index contributed by atoms with van der Waals surface area (Å²) in [7, 11) is 0. The Morgan fingerprint density at radius 3 is 1.03 bits per heavy atom. The summed E-state index contributed by atoms with van der Waals surface area (Å²) in [4.78, 5) is 0. The van der Waals surface area contributed by atoms with Gasteiger partial charge in [0.2, 0.25) is 0 Å². The number of para-hydroxylation sites is 2. The van der Waals surface area contributed by atoms with Gasteiger partial charge in [0.1, 0.15) is 11.5 Å². The molecule has 0 aliphatic heterocycles. The zero-order chi connectivity index (χ0) is 41.2. The van der Waals surface area contributed by atoms with E-state index in [1.165, 1.54) is 44.5 Å². The third-order valence-corrected chi connectivity index (χ3v) is 13.2. The molecule has 8 rings (SSSR count). The molecule has 3 heteroatoms. The first kappa shape index (κ1) is 49.3. The molecule has 2 aliphatic rings. The normalized spacial score (nSPS) is 13.4. The molecule has 0 heterocycles. The Morgan fingerprint density at radius 1 is 0.393 bits per heavy atom. The first-order valence-corrected chi connectivity index (χ1v) is 22.2. The van der Waals surface area contributed by atoms with E-state index in [1.807, 2.05) is 24.3 Å². The van der Waals surface area contributed by atoms with Crippen molar-refractivity contribution in [2.24, 2.45) is 0 Å². The van der Waals surface area contributed by atoms with Crippen molar-refractivity contribution in [2.45, 2.75) is 129 Å². The quantitative estimate of drug-likeness (QED) is 0.0951. The standard InChI is InChI=1S/2C28H32O.2CH3.Ti/c2*1-5-16-28(17-6-2)25-13-8-7-10-23(25)24-15-14-20(18-26(24)28)22-12-9-11-21(19(3)4)27(22)29;;;/h2*7-15,18-19,29H,5-6,16-17H2,1-4H3;2*1H3;/q;;2*-1;+2. The van der Waals surface area contributed by atoms with Gasteiger partial charge in [-0.1, -0.05) is 190 Å². The van der Waals surface area contributed by atoms with Gasteiger partial charge in [-0.05, 0) is 116 Å². The average Bonchev–Trinajstić information content (AvgIpc) is 3.64. The summed E-state index contributed by atoms with van der Waals surface area (Å²) >= 11 is 0. The minimum Gasteiger partial charge on any atom is -0.507 e. The fourth-order valence-corrected chi connectivity index (χ4v) is 10.8. The summed E-state index contributed by atoms with van der Waals surface area (Å²) in [6.07, 6.45) is 9.27. The van der Waals surface area contributed by atoms with Crippen LogP contribution in [0.1, 0.15) is 152 Å². The molecule has 2 N–H and O–H groups in total. The molecule has 0 atom stereocenters. The molecule has 0 bridgehead atoms. The first-order valence-electron chi connectivity index (χ1n) is 22.2. The fourth-order valence-electron chi connectivity index (χ4n) is 10.8. The van der Waals surface area contributed by atoms with E-state index < -0.39 is 0 Å². The number of fused-ring (bicyclic) bond motifs is 6. The fraction of sp³-hybridized carbons (Fsp3) is 0.345. The number of phenols is 2. The topological polar surface area (TPSA) is 40.5 Å². The molecule has 61 heavy (non-hydrogen) atoms. The number of aromatic hydroxyl groups is 2. The maximum Gasteiger partial charge on any atom is 2.00 e. The summed E-state index contributed by atoms with van der Waals surface area (Å²) in [6.45, 7) is 17.7. The van der Waals surface area contributed by atoms with Gasteiger partial charge >= 0.3 is 21.7 Å². The SMILES string of the molecule is CCCC1(CCC)c2ccccc2-c2ccc(-c3cccc(C(C)C)c3O)cc21.CCCC1(CCC)c2ccccc2-c2ccc(-c3cccc(C(C)C)c3O)cc21.[CH3-].[CH3-].[Ti+2]. The van der Waals surface area contributed by atoms with Crippen molar-refractivity contribution in [1.29, 1.82) is 0 Å². The number of benzene rings is 6. The Balaban J connectivity index is 0.000000256. The summed E-state index contributed by atoms with van der Waals surface area (Å²) in [5.74, 6) is 1.45. The summed E-state index contributed by atoms with van der Waals surface area (Å²) in [5.41, 5.74) is 17.7. The minimum atomic E-state index is 0. The monoisotopic (exact) mass is 846 g/mol. The van der Waals surface area contributed by atoms with E-state index in [1.54, 1.807) is 0 Å². The average molecular weight is 847 g/mol. The van der Waals surface area contributed by atoms with Crippen molar-refractivity contribution < 1.29 is 31.9 Å². The molecule has 318 valence electrons. The van der Waals surface area contributed by atoms with Crippen LogP contribution in [0.25, 0.3) is 44.5 Å². The van der Waals surface area contributed by atoms with Crippen LogP contribution in [0.2, 0.25) is 0 Å². The molecular weight excluding hydrogens is 777 g/mol. The van der Waals surface area contributed by atoms with E-state index in [2.05, 4.69) is 152 Å². The summed E-state index contributed by atoms with van der Waals surface area (Å²) < 4.78 is 0. The van der Waals surface area contributed by atoms with Crippen LogP contribution in [0.5, 0.6) is 11.5 Å². The van der Waals surface area contributed by atoms with Crippen LogP contribution in [0.15, 0.2) is 121 Å². The zero-order valence-electron chi connectivity index (χ0n) is 38.8. The van der Waals surface area contributed by atoms with Crippen LogP contribution in [-0.4, -0.2) is 10.2 Å². The van der Waals surface area contributed by atoms with Crippen LogP contribution in [0, 0.1) is 14.9 Å². The Labute approximate surface area is 384 Å². The smallest absolute Gasteiger partial charge is 0.507 e. The number of phenolic OH excluding ortho intramolecular Hbond substituents is 2. The number of hydrogen-bond acceptors (Lipinski definition) is 2. The molecule has 0 unspecified atom stereocenters. The molecule has 6 aromatic carbocycles. The second-order valence-electron chi connectivity index (χ2n) is 17.6. The maximum atomic E-state index is 11.0. The van der Waals surface area contributed by atoms with Crippen LogP contribution in [0.4, 0.5) is 0 Å². The van der Waals surface area contributed by atoms with Gasteiger partial charge < -0.3 is 25.1 Å². The summed E-state index contributed by atoms with van der Waals surface area (Å²) in [6, 6.07) is 43.8. The van der Waals surface area contributed by atoms with Gasteiger partial charge in [0.15, 0.2) is 0 Å². The van der Waals surface area contributed by atoms with Crippen molar-refractivity contribution in [1.82, 2.24) is 0 Å². The molecule has 0 spiro atoms. The molecular formula is C58H70O2Ti. The first-order chi connectivity index (χ1) is 28.1. The van der Waals surface area contributed by atoms with Crippen molar-refractivity contribution in [3.8, 4) is 56.0 Å². The molecule has 0 amide bonds. The van der Waals surface area contributed by atoms with Gasteiger partial charge in [-0.25, -0.2) is 0 Å². The van der Waals surface area contributed by atoms with Crippen molar-refractivity contribution in [2.75, 3.05) is 0 Å². The van der Waals surface area contributed by atoms with Crippen molar-refractivity contribution >= 4 is 0 Å². The van der Waals surface area contributed by atoms with Crippen LogP contribution in [-0.2, 0) is 32.5 Å². The predicted octanol–water partition coefficient (Wildman–Crippen LogP) is 17.0. The van der Waals surface area contributed by atoms with E-state index in [4.69, 9.17) is 0 Å². The van der Waals surface area contributed by atoms with Crippen molar-refractivity contribution in [3.05, 3.63) is 170 Å². The molecule has 0 aromatic heterocycles. The minimum absolute atomic E-state index is 0. The Kier molecular flexibility index (Phi) is 16.7. The molecule has 0 saturated heterocycles. The van der Waals surface area contributed by atoms with E-state index in [0.29, 0.717) is 23.3 Å². The van der Waals surface area contributed by atoms with Gasteiger partial charge in [0, 0.05) is 22.0 Å². The van der Waals surface area contributed by atoms with E-state index in [-0.39, 0.29) is 47.4 Å². The Morgan fingerprint density at radius 2 is 0.705 bits per heavy atom. The van der Waals surface area contributed by atoms with Gasteiger partial charge in [-0.2, -0.15) is 0 Å². The molecule has 2 aliphatic carbocycles. The van der Waals surface area contributed by atoms with Crippen LogP contribution in [0.3, 0.4) is 0 Å². The molecule has 0 radical (unpaired) electrons. The van der Waals surface area contributed by atoms with Gasteiger partial charge in [0.05, 0.1) is 0 Å². The maximum absolute atomic E-state index is 11.0. The molecule has 6 aromatic rings. The Hall–Kier alpha value is -4.37. The number of rotatable bonds is 12. The van der Waals surface area contributed by atoms with Crippen LogP contribution >= 0.6 is 0 Å². The molecule has 0 fully saturated rings. The van der Waals surface area contributed by atoms with Crippen molar-refractivity contribution in [3.63, 3.8) is 0 Å². The van der Waals surface area contributed by atoms with Gasteiger partial charge in [-0.15, -0.1) is 0 Å². The third kappa shape index (κ3) is 8.70. The second kappa shape index (κ2) is 20.7. The van der Waals surface area contributed by atoms with Gasteiger partial charge in [0.25, 0.3) is 0 Å². The van der Waals surface area contributed by atoms with E-state index >= 15 is 0 Å². The predicted molar refractivity (Wildman–Crippen MR) is 260 cm³/mol. The third-order valence-electron chi connectivity index (χ3n) is 13.2. The number of hydrogen-bond donors (Lipinski definition) is 2. The van der Waals surface area contributed by atoms with E-state index in [0.717, 1.165) is 84.7 Å². The largest absolute Gasteiger partial charge is 2.00 e. The zero-order valence-corrected chi connectivity index (χ0v) is 40.3.